The van der Waals surface area contributed by atoms with Gasteiger partial charge in [-0.25, -0.2) is 4.68 Å². The summed E-state index contributed by atoms with van der Waals surface area (Å²) >= 11 is 6.07. The van der Waals surface area contributed by atoms with E-state index < -0.39 is 10.8 Å². The van der Waals surface area contributed by atoms with Crippen LogP contribution in [0, 0.1) is 10.1 Å². The number of anilines is 1. The number of para-hydroxylation sites is 1. The third-order valence-corrected chi connectivity index (χ3v) is 5.03. The zero-order chi connectivity index (χ0) is 24.8. The number of nitro benzene ring substituents is 1. The maximum absolute atomic E-state index is 12.7. The average Bonchev–Trinajstić information content (AvgIpc) is 3.33. The van der Waals surface area contributed by atoms with Gasteiger partial charge in [0.05, 0.1) is 28.8 Å². The molecule has 0 saturated heterocycles. The van der Waals surface area contributed by atoms with Gasteiger partial charge in [0.1, 0.15) is 23.0 Å². The van der Waals surface area contributed by atoms with Gasteiger partial charge >= 0.3 is 0 Å². The van der Waals surface area contributed by atoms with E-state index in [0.29, 0.717) is 22.3 Å². The van der Waals surface area contributed by atoms with Gasteiger partial charge in [-0.3, -0.25) is 14.9 Å². The highest BCUT2D eigenvalue weighted by atomic mass is 35.5. The molecule has 10 nitrogen and oxygen atoms in total. The molecule has 0 radical (unpaired) electrons. The first-order valence-electron chi connectivity index (χ1n) is 10.2. The molecule has 0 aliphatic rings. The minimum Gasteiger partial charge on any atom is -0.497 e. The molecule has 3 aromatic carbocycles. The minimum atomic E-state index is -0.572. The quantitative estimate of drug-likeness (QED) is 0.240. The van der Waals surface area contributed by atoms with Gasteiger partial charge < -0.3 is 19.5 Å². The van der Waals surface area contributed by atoms with Gasteiger partial charge in [-0.2, -0.15) is 5.10 Å². The van der Waals surface area contributed by atoms with Gasteiger partial charge in [-0.05, 0) is 42.5 Å². The van der Waals surface area contributed by atoms with Crippen molar-refractivity contribution in [3.05, 3.63) is 99.8 Å². The lowest BCUT2D eigenvalue weighted by atomic mass is 10.2. The maximum Gasteiger partial charge on any atom is 0.276 e. The Morgan fingerprint density at radius 2 is 1.80 bits per heavy atom. The Morgan fingerprint density at radius 3 is 2.51 bits per heavy atom. The Kier molecular flexibility index (Phi) is 7.12. The molecule has 4 rings (SSSR count). The number of methoxy groups -OCH3 is 1. The third kappa shape index (κ3) is 6.06. The Bertz CT molecular complexity index is 1360. The molecular weight excluding hydrogens is 476 g/mol. The number of non-ortho nitro benzene ring substituents is 1. The van der Waals surface area contributed by atoms with Gasteiger partial charge in [0.15, 0.2) is 12.4 Å². The second-order valence-corrected chi connectivity index (χ2v) is 7.56. The molecule has 11 heteroatoms. The Hall–Kier alpha value is -4.57. The lowest BCUT2D eigenvalue weighted by Crippen LogP contribution is -2.14. The number of carbonyl (C=O) groups is 1. The van der Waals surface area contributed by atoms with Gasteiger partial charge in [0.2, 0.25) is 0 Å². The number of aromatic nitrogens is 2. The highest BCUT2D eigenvalue weighted by Crippen LogP contribution is 2.31. The van der Waals surface area contributed by atoms with Gasteiger partial charge in [-0.15, -0.1) is 0 Å². The van der Waals surface area contributed by atoms with Crippen molar-refractivity contribution < 1.29 is 23.9 Å². The van der Waals surface area contributed by atoms with E-state index >= 15 is 0 Å². The molecule has 0 aliphatic carbocycles. The van der Waals surface area contributed by atoms with Crippen molar-refractivity contribution in [2.24, 2.45) is 0 Å². The van der Waals surface area contributed by atoms with Crippen molar-refractivity contribution in [1.82, 2.24) is 9.78 Å². The molecule has 0 fully saturated rings. The van der Waals surface area contributed by atoms with Crippen LogP contribution in [-0.4, -0.2) is 27.7 Å². The normalized spacial score (nSPS) is 10.5. The summed E-state index contributed by atoms with van der Waals surface area (Å²) in [6.07, 6.45) is 1.57. The van der Waals surface area contributed by atoms with E-state index in [1.165, 1.54) is 28.9 Å². The molecule has 4 aromatic rings. The Morgan fingerprint density at radius 1 is 1.06 bits per heavy atom. The highest BCUT2D eigenvalue weighted by molar-refractivity contribution is 6.32. The average molecular weight is 495 g/mol. The summed E-state index contributed by atoms with van der Waals surface area (Å²) in [5.74, 6) is 1.19. The van der Waals surface area contributed by atoms with E-state index in [0.717, 1.165) is 0 Å². The lowest BCUT2D eigenvalue weighted by Gasteiger charge is -2.10. The molecule has 35 heavy (non-hydrogen) atoms. The van der Waals surface area contributed by atoms with Crippen LogP contribution in [0.3, 0.4) is 0 Å². The van der Waals surface area contributed by atoms with Gasteiger partial charge in [0, 0.05) is 18.3 Å². The molecule has 0 spiro atoms. The fourth-order valence-electron chi connectivity index (χ4n) is 3.05. The van der Waals surface area contributed by atoms with Gasteiger partial charge in [0.25, 0.3) is 11.6 Å². The maximum atomic E-state index is 12.7. The van der Waals surface area contributed by atoms with Crippen LogP contribution in [0.25, 0.3) is 0 Å². The smallest absolute Gasteiger partial charge is 0.276 e. The summed E-state index contributed by atoms with van der Waals surface area (Å²) in [4.78, 5) is 23.5. The predicted octanol–water partition coefficient (Wildman–Crippen LogP) is 5.53. The van der Waals surface area contributed by atoms with Crippen LogP contribution < -0.4 is 19.5 Å². The van der Waals surface area contributed by atoms with Crippen LogP contribution in [0.4, 0.5) is 11.4 Å². The minimum absolute atomic E-state index is 0.0354. The summed E-state index contributed by atoms with van der Waals surface area (Å²) in [6, 6.07) is 19.2. The molecule has 1 aromatic heterocycles. The monoisotopic (exact) mass is 494 g/mol. The van der Waals surface area contributed by atoms with Crippen LogP contribution in [0.1, 0.15) is 10.5 Å². The third-order valence-electron chi connectivity index (χ3n) is 4.72. The van der Waals surface area contributed by atoms with Crippen molar-refractivity contribution in [1.29, 1.82) is 0 Å². The number of nitrogens with one attached hydrogen (secondary N) is 1. The number of ether oxygens (including phenoxy) is 3. The fourth-order valence-corrected chi connectivity index (χ4v) is 3.24. The van der Waals surface area contributed by atoms with Gasteiger partial charge in [-0.1, -0.05) is 23.7 Å². The van der Waals surface area contributed by atoms with Crippen LogP contribution in [-0.2, 0) is 6.73 Å². The summed E-state index contributed by atoms with van der Waals surface area (Å²) in [5.41, 5.74) is 0.0245. The zero-order valence-electron chi connectivity index (χ0n) is 18.4. The predicted molar refractivity (Wildman–Crippen MR) is 128 cm³/mol. The molecule has 0 aliphatic heterocycles. The second-order valence-electron chi connectivity index (χ2n) is 7.15. The van der Waals surface area contributed by atoms with E-state index in [2.05, 4.69) is 10.4 Å². The number of hydrogen-bond acceptors (Lipinski definition) is 7. The van der Waals surface area contributed by atoms with Crippen LogP contribution in [0.2, 0.25) is 5.02 Å². The SMILES string of the molecule is COc1ccc(Oc2cc(NC(=O)c3ccn(COc4ccccc4Cl)n3)cc([N+](=O)[O-])c2)cc1. The Balaban J connectivity index is 1.46. The number of amides is 1. The summed E-state index contributed by atoms with van der Waals surface area (Å²) < 4.78 is 17.9. The van der Waals surface area contributed by atoms with Crippen LogP contribution in [0.5, 0.6) is 23.0 Å². The molecule has 1 N–H and O–H groups in total. The molecule has 1 heterocycles. The van der Waals surface area contributed by atoms with Crippen LogP contribution >= 0.6 is 11.6 Å². The van der Waals surface area contributed by atoms with Crippen molar-refractivity contribution in [2.45, 2.75) is 6.73 Å². The van der Waals surface area contributed by atoms with E-state index in [9.17, 15) is 14.9 Å². The first-order chi connectivity index (χ1) is 16.9. The van der Waals surface area contributed by atoms with E-state index in [1.54, 1.807) is 61.8 Å². The number of carbonyl (C=O) groups excluding carboxylic acids is 1. The van der Waals surface area contributed by atoms with Crippen molar-refractivity contribution in [3.8, 4) is 23.0 Å². The molecule has 0 atom stereocenters. The summed E-state index contributed by atoms with van der Waals surface area (Å²) in [5, 5.41) is 18.6. The molecule has 0 saturated carbocycles. The molecule has 0 unspecified atom stereocenters. The van der Waals surface area contributed by atoms with Crippen molar-refractivity contribution >= 4 is 28.9 Å². The number of halogens is 1. The number of nitrogens with zero attached hydrogens (tertiary/aromatic N) is 3. The molecule has 0 bridgehead atoms. The molecule has 1 amide bonds. The fraction of sp³-hybridized carbons (Fsp3) is 0.0833. The number of benzene rings is 3. The number of rotatable bonds is 9. The lowest BCUT2D eigenvalue weighted by molar-refractivity contribution is -0.384. The first kappa shape index (κ1) is 23.6. The molecular formula is C24H19ClN4O6. The zero-order valence-corrected chi connectivity index (χ0v) is 19.1. The summed E-state index contributed by atoms with van der Waals surface area (Å²) in [7, 11) is 1.54. The van der Waals surface area contributed by atoms with E-state index in [1.807, 2.05) is 0 Å². The Labute approximate surface area is 204 Å². The second kappa shape index (κ2) is 10.6. The first-order valence-corrected chi connectivity index (χ1v) is 10.6. The van der Waals surface area contributed by atoms with E-state index in [-0.39, 0.29) is 29.5 Å². The van der Waals surface area contributed by atoms with Crippen LogP contribution in [0.15, 0.2) is 79.0 Å². The highest BCUT2D eigenvalue weighted by Gasteiger charge is 2.16. The summed E-state index contributed by atoms with van der Waals surface area (Å²) in [6.45, 7) is 0.0354. The topological polar surface area (TPSA) is 118 Å². The van der Waals surface area contributed by atoms with Crippen molar-refractivity contribution in [3.63, 3.8) is 0 Å². The number of hydrogen-bond donors (Lipinski definition) is 1. The van der Waals surface area contributed by atoms with Crippen molar-refractivity contribution in [2.75, 3.05) is 12.4 Å². The molecule has 178 valence electrons. The van der Waals surface area contributed by atoms with E-state index in [4.69, 9.17) is 25.8 Å². The number of nitro groups is 1. The standard InChI is InChI=1S/C24H19ClN4O6/c1-33-18-6-8-19(9-7-18)35-20-13-16(12-17(14-20)29(31)32)26-24(30)22-10-11-28(27-22)15-34-23-5-3-2-4-21(23)25/h2-14H,15H2,1H3,(H,26,30). The largest absolute Gasteiger partial charge is 0.497 e.